The van der Waals surface area contributed by atoms with E-state index < -0.39 is 21.5 Å². The normalized spacial score (nSPS) is 26.1. The van der Waals surface area contributed by atoms with E-state index in [1.165, 1.54) is 6.07 Å². The molecule has 2 unspecified atom stereocenters. The Balaban J connectivity index is 2.10. The van der Waals surface area contributed by atoms with Crippen LogP contribution in [0.2, 0.25) is 0 Å². The van der Waals surface area contributed by atoms with E-state index in [-0.39, 0.29) is 11.1 Å². The van der Waals surface area contributed by atoms with Gasteiger partial charge in [-0.3, -0.25) is 0 Å². The van der Waals surface area contributed by atoms with Gasteiger partial charge in [-0.05, 0) is 25.6 Å². The lowest BCUT2D eigenvalue weighted by Crippen LogP contribution is -2.61. The molecule has 19 heavy (non-hydrogen) atoms. The van der Waals surface area contributed by atoms with Crippen molar-refractivity contribution in [1.29, 1.82) is 0 Å². The molecule has 0 saturated heterocycles. The van der Waals surface area contributed by atoms with Gasteiger partial charge in [-0.2, -0.15) is 0 Å². The van der Waals surface area contributed by atoms with E-state index in [0.29, 0.717) is 18.7 Å². The highest BCUT2D eigenvalue weighted by molar-refractivity contribution is 7.89. The van der Waals surface area contributed by atoms with Gasteiger partial charge >= 0.3 is 0 Å². The average Bonchev–Trinajstić information content (AvgIpc) is 2.78. The fourth-order valence-corrected chi connectivity index (χ4v) is 3.47. The summed E-state index contributed by atoms with van der Waals surface area (Å²) in [6, 6.07) is 2.80. The fourth-order valence-electron chi connectivity index (χ4n) is 2.12. The van der Waals surface area contributed by atoms with Gasteiger partial charge in [0.05, 0.1) is 12.6 Å². The standard InChI is InChI=1S/C12H20N2O4S/c1-12(2)9(6-10(12)15)14-19(16,17)11-5-4-8(18-11)7-13-3/h4-5,9-10,13-15H,6-7H2,1-3H3. The van der Waals surface area contributed by atoms with Crippen LogP contribution in [0.5, 0.6) is 0 Å². The largest absolute Gasteiger partial charge is 0.447 e. The van der Waals surface area contributed by atoms with Crippen molar-refractivity contribution >= 4 is 10.0 Å². The lowest BCUT2D eigenvalue weighted by molar-refractivity contribution is -0.0646. The molecule has 3 N–H and O–H groups in total. The molecular weight excluding hydrogens is 268 g/mol. The number of hydrogen-bond donors (Lipinski definition) is 3. The Labute approximate surface area is 113 Å². The molecule has 1 aliphatic rings. The number of nitrogens with one attached hydrogen (secondary N) is 2. The summed E-state index contributed by atoms with van der Waals surface area (Å²) in [5, 5.41) is 12.4. The molecule has 0 aliphatic heterocycles. The zero-order chi connectivity index (χ0) is 14.3. The van der Waals surface area contributed by atoms with Crippen molar-refractivity contribution in [1.82, 2.24) is 10.0 Å². The molecule has 2 rings (SSSR count). The predicted octanol–water partition coefficient (Wildman–Crippen LogP) is 0.437. The maximum atomic E-state index is 12.1. The number of aliphatic hydroxyl groups excluding tert-OH is 1. The van der Waals surface area contributed by atoms with Crippen molar-refractivity contribution in [3.63, 3.8) is 0 Å². The highest BCUT2D eigenvalue weighted by Crippen LogP contribution is 2.41. The van der Waals surface area contributed by atoms with Crippen molar-refractivity contribution in [3.05, 3.63) is 17.9 Å². The quantitative estimate of drug-likeness (QED) is 0.731. The number of sulfonamides is 1. The summed E-state index contributed by atoms with van der Waals surface area (Å²) >= 11 is 0. The second kappa shape index (κ2) is 4.90. The van der Waals surface area contributed by atoms with E-state index >= 15 is 0 Å². The Morgan fingerprint density at radius 3 is 2.68 bits per heavy atom. The van der Waals surface area contributed by atoms with Crippen molar-refractivity contribution in [3.8, 4) is 0 Å². The van der Waals surface area contributed by atoms with E-state index in [1.54, 1.807) is 13.1 Å². The van der Waals surface area contributed by atoms with Gasteiger partial charge in [0.25, 0.3) is 10.0 Å². The Hall–Kier alpha value is -0.890. The van der Waals surface area contributed by atoms with Crippen LogP contribution >= 0.6 is 0 Å². The molecule has 108 valence electrons. The summed E-state index contributed by atoms with van der Waals surface area (Å²) in [7, 11) is -1.91. The maximum Gasteiger partial charge on any atom is 0.274 e. The Morgan fingerprint density at radius 2 is 2.16 bits per heavy atom. The zero-order valence-corrected chi connectivity index (χ0v) is 12.1. The second-order valence-corrected chi connectivity index (χ2v) is 7.14. The minimum absolute atomic E-state index is 0.0880. The van der Waals surface area contributed by atoms with Crippen LogP contribution in [0.1, 0.15) is 26.0 Å². The Bertz CT molecular complexity index is 550. The Kier molecular flexibility index (Phi) is 3.74. The third-order valence-electron chi connectivity index (χ3n) is 3.77. The molecule has 0 bridgehead atoms. The summed E-state index contributed by atoms with van der Waals surface area (Å²) in [5.41, 5.74) is -0.451. The minimum atomic E-state index is -3.67. The molecule has 0 aromatic carbocycles. The van der Waals surface area contributed by atoms with Crippen molar-refractivity contribution in [2.24, 2.45) is 5.41 Å². The van der Waals surface area contributed by atoms with E-state index in [2.05, 4.69) is 10.0 Å². The van der Waals surface area contributed by atoms with Crippen LogP contribution < -0.4 is 10.0 Å². The molecule has 1 aromatic heterocycles. The van der Waals surface area contributed by atoms with Crippen LogP contribution in [-0.4, -0.2) is 32.7 Å². The number of furan rings is 1. The topological polar surface area (TPSA) is 91.6 Å². The number of aliphatic hydroxyl groups is 1. The molecular formula is C12H20N2O4S. The molecule has 1 aromatic rings. The second-order valence-electron chi connectivity index (χ2n) is 5.50. The smallest absolute Gasteiger partial charge is 0.274 e. The summed E-state index contributed by atoms with van der Waals surface area (Å²) in [5.74, 6) is 0.566. The molecule has 7 heteroatoms. The number of hydrogen-bond acceptors (Lipinski definition) is 5. The lowest BCUT2D eigenvalue weighted by atomic mass is 9.65. The van der Waals surface area contributed by atoms with Crippen LogP contribution in [0.3, 0.4) is 0 Å². The van der Waals surface area contributed by atoms with Gasteiger partial charge in [-0.1, -0.05) is 13.8 Å². The summed E-state index contributed by atoms with van der Waals surface area (Å²) in [6.07, 6.45) is -0.0484. The monoisotopic (exact) mass is 288 g/mol. The van der Waals surface area contributed by atoms with E-state index in [9.17, 15) is 13.5 Å². The van der Waals surface area contributed by atoms with Crippen molar-refractivity contribution in [2.75, 3.05) is 7.05 Å². The van der Waals surface area contributed by atoms with Gasteiger partial charge in [-0.15, -0.1) is 0 Å². The first kappa shape index (κ1) is 14.5. The van der Waals surface area contributed by atoms with Crippen molar-refractivity contribution in [2.45, 2.75) is 44.1 Å². The van der Waals surface area contributed by atoms with E-state index in [4.69, 9.17) is 4.42 Å². The average molecular weight is 288 g/mol. The maximum absolute atomic E-state index is 12.1. The summed E-state index contributed by atoms with van der Waals surface area (Å²) in [4.78, 5) is 0. The summed E-state index contributed by atoms with van der Waals surface area (Å²) in [6.45, 7) is 4.15. The molecule has 1 fully saturated rings. The van der Waals surface area contributed by atoms with E-state index in [1.807, 2.05) is 13.8 Å². The Morgan fingerprint density at radius 1 is 1.47 bits per heavy atom. The molecule has 1 aliphatic carbocycles. The zero-order valence-electron chi connectivity index (χ0n) is 11.3. The van der Waals surface area contributed by atoms with Crippen LogP contribution in [-0.2, 0) is 16.6 Å². The number of rotatable bonds is 5. The molecule has 2 atom stereocenters. The predicted molar refractivity (Wildman–Crippen MR) is 70.0 cm³/mol. The van der Waals surface area contributed by atoms with Gasteiger partial charge in [0.1, 0.15) is 5.76 Å². The van der Waals surface area contributed by atoms with Gasteiger partial charge in [0.15, 0.2) is 0 Å². The van der Waals surface area contributed by atoms with Crippen LogP contribution in [0, 0.1) is 5.41 Å². The van der Waals surface area contributed by atoms with Gasteiger partial charge in [0.2, 0.25) is 5.09 Å². The molecule has 0 amide bonds. The molecule has 6 nitrogen and oxygen atoms in total. The van der Waals surface area contributed by atoms with Crippen molar-refractivity contribution < 1.29 is 17.9 Å². The van der Waals surface area contributed by atoms with Crippen LogP contribution in [0.25, 0.3) is 0 Å². The SMILES string of the molecule is CNCc1ccc(S(=O)(=O)NC2CC(O)C2(C)C)o1. The third kappa shape index (κ3) is 2.69. The summed E-state index contributed by atoms with van der Waals surface area (Å²) < 4.78 is 32.1. The third-order valence-corrected chi connectivity index (χ3v) is 5.11. The minimum Gasteiger partial charge on any atom is -0.447 e. The first-order valence-electron chi connectivity index (χ1n) is 6.21. The molecule has 1 saturated carbocycles. The highest BCUT2D eigenvalue weighted by Gasteiger charge is 2.49. The van der Waals surface area contributed by atoms with E-state index in [0.717, 1.165) is 0 Å². The molecule has 0 radical (unpaired) electrons. The molecule has 0 spiro atoms. The molecule has 1 heterocycles. The first-order chi connectivity index (χ1) is 8.77. The fraction of sp³-hybridized carbons (Fsp3) is 0.667. The van der Waals surface area contributed by atoms with Crippen LogP contribution in [0.4, 0.5) is 0 Å². The first-order valence-corrected chi connectivity index (χ1v) is 7.69. The lowest BCUT2D eigenvalue weighted by Gasteiger charge is -2.48. The van der Waals surface area contributed by atoms with Gasteiger partial charge < -0.3 is 14.8 Å². The highest BCUT2D eigenvalue weighted by atomic mass is 32.2. The van der Waals surface area contributed by atoms with Crippen LogP contribution in [0.15, 0.2) is 21.6 Å². The van der Waals surface area contributed by atoms with Gasteiger partial charge in [-0.25, -0.2) is 13.1 Å². The van der Waals surface area contributed by atoms with Gasteiger partial charge in [0, 0.05) is 11.5 Å².